The molecule has 1 aliphatic rings. The van der Waals surface area contributed by atoms with Crippen LogP contribution in [0.4, 0.5) is 0 Å². The summed E-state index contributed by atoms with van der Waals surface area (Å²) in [5, 5.41) is 2.81. The highest BCUT2D eigenvalue weighted by Gasteiger charge is 2.25. The van der Waals surface area contributed by atoms with Crippen LogP contribution in [0.15, 0.2) is 0 Å². The third-order valence-electron chi connectivity index (χ3n) is 4.12. The van der Waals surface area contributed by atoms with E-state index in [1.54, 1.807) is 0 Å². The minimum absolute atomic E-state index is 0.0980. The molecule has 0 aromatic carbocycles. The normalized spacial score (nSPS) is 17.8. The van der Waals surface area contributed by atoms with E-state index < -0.39 is 6.04 Å². The van der Waals surface area contributed by atoms with Gasteiger partial charge >= 0.3 is 5.97 Å². The molecule has 5 nitrogen and oxygen atoms in total. The zero-order valence-corrected chi connectivity index (χ0v) is 13.9. The Balaban J connectivity index is 2.46. The van der Waals surface area contributed by atoms with E-state index in [0.717, 1.165) is 12.8 Å². The van der Waals surface area contributed by atoms with Gasteiger partial charge in [-0.15, -0.1) is 0 Å². The van der Waals surface area contributed by atoms with Crippen LogP contribution in [-0.4, -0.2) is 49.6 Å². The Morgan fingerprint density at radius 2 is 1.86 bits per heavy atom. The van der Waals surface area contributed by atoms with E-state index in [0.29, 0.717) is 24.9 Å². The lowest BCUT2D eigenvalue weighted by molar-refractivity contribution is -0.145. The quantitative estimate of drug-likeness (QED) is 0.730. The van der Waals surface area contributed by atoms with Crippen molar-refractivity contribution < 1.29 is 14.3 Å². The fourth-order valence-corrected chi connectivity index (χ4v) is 2.95. The molecule has 1 N–H and O–H groups in total. The van der Waals surface area contributed by atoms with Crippen LogP contribution < -0.4 is 5.32 Å². The van der Waals surface area contributed by atoms with Gasteiger partial charge in [-0.25, -0.2) is 4.79 Å². The van der Waals surface area contributed by atoms with Gasteiger partial charge in [0, 0.05) is 6.04 Å². The molecule has 1 rings (SSSR count). The summed E-state index contributed by atoms with van der Waals surface area (Å²) in [5.74, 6) is -0.137. The van der Waals surface area contributed by atoms with Crippen molar-refractivity contribution in [2.24, 2.45) is 5.92 Å². The largest absolute Gasteiger partial charge is 0.467 e. The van der Waals surface area contributed by atoms with Crippen LogP contribution in [0.3, 0.4) is 0 Å². The van der Waals surface area contributed by atoms with E-state index in [1.165, 1.54) is 26.4 Å². The first kappa shape index (κ1) is 18.0. The number of hydrogen-bond donors (Lipinski definition) is 1. The van der Waals surface area contributed by atoms with Crippen LogP contribution >= 0.6 is 0 Å². The van der Waals surface area contributed by atoms with Crippen molar-refractivity contribution >= 4 is 11.9 Å². The standard InChI is InChI=1S/C16H30N2O3/c1-12(2)10-14(16(20)21-4)17-15(19)11-18(3)13-8-6-5-7-9-13/h12-14H,5-11H2,1-4H3,(H,17,19). The fraction of sp³-hybridized carbons (Fsp3) is 0.875. The number of amides is 1. The number of likely N-dealkylation sites (N-methyl/N-ethyl adjacent to an activating group) is 1. The molecule has 0 aliphatic heterocycles. The summed E-state index contributed by atoms with van der Waals surface area (Å²) in [4.78, 5) is 26.0. The number of nitrogens with zero attached hydrogens (tertiary/aromatic N) is 1. The molecule has 1 saturated carbocycles. The summed E-state index contributed by atoms with van der Waals surface area (Å²) in [6, 6.07) is -0.0477. The summed E-state index contributed by atoms with van der Waals surface area (Å²) in [5.41, 5.74) is 0. The van der Waals surface area contributed by atoms with Gasteiger partial charge in [0.05, 0.1) is 13.7 Å². The molecule has 0 aromatic heterocycles. The van der Waals surface area contributed by atoms with Crippen LogP contribution in [0, 0.1) is 5.92 Å². The second-order valence-electron chi connectivity index (χ2n) is 6.48. The summed E-state index contributed by atoms with van der Waals surface area (Å²) >= 11 is 0. The van der Waals surface area contributed by atoms with Crippen molar-refractivity contribution in [2.75, 3.05) is 20.7 Å². The monoisotopic (exact) mass is 298 g/mol. The number of nitrogens with one attached hydrogen (secondary N) is 1. The number of hydrogen-bond acceptors (Lipinski definition) is 4. The van der Waals surface area contributed by atoms with Gasteiger partial charge in [-0.1, -0.05) is 33.1 Å². The lowest BCUT2D eigenvalue weighted by atomic mass is 9.94. The topological polar surface area (TPSA) is 58.6 Å². The smallest absolute Gasteiger partial charge is 0.328 e. The van der Waals surface area contributed by atoms with Crippen LogP contribution in [-0.2, 0) is 14.3 Å². The van der Waals surface area contributed by atoms with E-state index >= 15 is 0 Å². The highest BCUT2D eigenvalue weighted by atomic mass is 16.5. The van der Waals surface area contributed by atoms with Crippen LogP contribution in [0.5, 0.6) is 0 Å². The molecule has 1 atom stereocenters. The summed E-state index contributed by atoms with van der Waals surface area (Å²) in [6.45, 7) is 4.39. The Kier molecular flexibility index (Phi) is 7.72. The minimum atomic E-state index is -0.540. The first-order valence-electron chi connectivity index (χ1n) is 8.01. The zero-order valence-electron chi connectivity index (χ0n) is 13.9. The molecule has 1 unspecified atom stereocenters. The van der Waals surface area contributed by atoms with Gasteiger partial charge in [-0.2, -0.15) is 0 Å². The number of carbonyl (C=O) groups excluding carboxylic acids is 2. The Morgan fingerprint density at radius 3 is 2.38 bits per heavy atom. The van der Waals surface area contributed by atoms with Gasteiger partial charge in [0.15, 0.2) is 0 Å². The maximum Gasteiger partial charge on any atom is 0.328 e. The van der Waals surface area contributed by atoms with Crippen molar-refractivity contribution in [3.63, 3.8) is 0 Å². The molecule has 122 valence electrons. The SMILES string of the molecule is COC(=O)C(CC(C)C)NC(=O)CN(C)C1CCCCC1. The predicted octanol–water partition coefficient (Wildman–Crippen LogP) is 1.95. The lowest BCUT2D eigenvalue weighted by Gasteiger charge is -2.31. The van der Waals surface area contributed by atoms with E-state index in [-0.39, 0.29) is 11.9 Å². The second kappa shape index (κ2) is 9.03. The van der Waals surface area contributed by atoms with Crippen LogP contribution in [0.25, 0.3) is 0 Å². The summed E-state index contributed by atoms with van der Waals surface area (Å²) < 4.78 is 4.77. The molecule has 1 amide bonds. The molecule has 0 radical (unpaired) electrons. The molecular weight excluding hydrogens is 268 g/mol. The minimum Gasteiger partial charge on any atom is -0.467 e. The molecule has 5 heteroatoms. The maximum absolute atomic E-state index is 12.1. The first-order valence-corrected chi connectivity index (χ1v) is 8.01. The molecule has 21 heavy (non-hydrogen) atoms. The fourth-order valence-electron chi connectivity index (χ4n) is 2.95. The Hall–Kier alpha value is -1.10. The van der Waals surface area contributed by atoms with Crippen molar-refractivity contribution in [2.45, 2.75) is 64.5 Å². The maximum atomic E-state index is 12.1. The van der Waals surface area contributed by atoms with Crippen molar-refractivity contribution in [3.05, 3.63) is 0 Å². The number of methoxy groups -OCH3 is 1. The molecule has 0 bridgehead atoms. The molecule has 0 spiro atoms. The summed E-state index contributed by atoms with van der Waals surface area (Å²) in [6.07, 6.45) is 6.72. The molecular formula is C16H30N2O3. The number of carbonyl (C=O) groups is 2. The van der Waals surface area contributed by atoms with Crippen LogP contribution in [0.2, 0.25) is 0 Å². The van der Waals surface area contributed by atoms with Gasteiger partial charge in [0.25, 0.3) is 0 Å². The van der Waals surface area contributed by atoms with Crippen LogP contribution in [0.1, 0.15) is 52.4 Å². The van der Waals surface area contributed by atoms with Gasteiger partial charge < -0.3 is 10.1 Å². The average molecular weight is 298 g/mol. The third kappa shape index (κ3) is 6.46. The van der Waals surface area contributed by atoms with Gasteiger partial charge in [0.1, 0.15) is 6.04 Å². The zero-order chi connectivity index (χ0) is 15.8. The molecule has 1 aliphatic carbocycles. The van der Waals surface area contributed by atoms with Gasteiger partial charge in [-0.3, -0.25) is 9.69 Å². The Bertz CT molecular complexity index is 338. The lowest BCUT2D eigenvalue weighted by Crippen LogP contribution is -2.47. The van der Waals surface area contributed by atoms with Crippen molar-refractivity contribution in [3.8, 4) is 0 Å². The average Bonchev–Trinajstić information content (AvgIpc) is 2.46. The highest BCUT2D eigenvalue weighted by Crippen LogP contribution is 2.21. The molecule has 0 aromatic rings. The number of esters is 1. The van der Waals surface area contributed by atoms with E-state index in [1.807, 2.05) is 20.9 Å². The number of ether oxygens (including phenoxy) is 1. The van der Waals surface area contributed by atoms with Crippen molar-refractivity contribution in [1.29, 1.82) is 0 Å². The predicted molar refractivity (Wildman–Crippen MR) is 82.9 cm³/mol. The van der Waals surface area contributed by atoms with E-state index in [9.17, 15) is 9.59 Å². The third-order valence-corrected chi connectivity index (χ3v) is 4.12. The Morgan fingerprint density at radius 1 is 1.24 bits per heavy atom. The molecule has 0 heterocycles. The molecule has 0 saturated heterocycles. The first-order chi connectivity index (χ1) is 9.93. The van der Waals surface area contributed by atoms with Gasteiger partial charge in [-0.05, 0) is 32.2 Å². The highest BCUT2D eigenvalue weighted by molar-refractivity contribution is 5.85. The molecule has 1 fully saturated rings. The van der Waals surface area contributed by atoms with Crippen molar-refractivity contribution in [1.82, 2.24) is 10.2 Å². The van der Waals surface area contributed by atoms with Gasteiger partial charge in [0.2, 0.25) is 5.91 Å². The Labute approximate surface area is 128 Å². The second-order valence-corrected chi connectivity index (χ2v) is 6.48. The van der Waals surface area contributed by atoms with E-state index in [4.69, 9.17) is 4.74 Å². The number of rotatable bonds is 7. The summed E-state index contributed by atoms with van der Waals surface area (Å²) in [7, 11) is 3.35. The van der Waals surface area contributed by atoms with E-state index in [2.05, 4.69) is 10.2 Å².